The van der Waals surface area contributed by atoms with Crippen molar-refractivity contribution < 1.29 is 13.9 Å². The monoisotopic (exact) mass is 316 g/mol. The van der Waals surface area contributed by atoms with Crippen LogP contribution in [0.3, 0.4) is 0 Å². The molecule has 1 aromatic heterocycles. The quantitative estimate of drug-likeness (QED) is 0.721. The number of carbonyl (C=O) groups is 1. The van der Waals surface area contributed by atoms with Crippen LogP contribution in [0, 0.1) is 0 Å². The van der Waals surface area contributed by atoms with Crippen LogP contribution in [0.4, 0.5) is 11.7 Å². The fourth-order valence-corrected chi connectivity index (χ4v) is 2.34. The minimum atomic E-state index is 0.292. The van der Waals surface area contributed by atoms with Gasteiger partial charge in [-0.05, 0) is 29.8 Å². The number of para-hydroxylation sites is 1. The molecule has 0 saturated heterocycles. The fraction of sp³-hybridized carbons (Fsp3) is 0.125. The van der Waals surface area contributed by atoms with Gasteiger partial charge in [-0.15, -0.1) is 0 Å². The van der Waals surface area contributed by atoms with Crippen LogP contribution < -0.4 is 10.1 Å². The standard InChI is InChI=1S/C16H13ClN2O3/c1-21-13-8-10(6-7-20)9-14-15(13)19-16(22-14)18-12-5-3-2-4-11(12)17/h2-5,7-9H,6H2,1H3,(H,18,19). The molecule has 0 saturated carbocycles. The lowest BCUT2D eigenvalue weighted by molar-refractivity contribution is -0.107. The first-order valence-electron chi connectivity index (χ1n) is 6.64. The SMILES string of the molecule is COc1cc(CC=O)cc2oc(Nc3ccccc3Cl)nc12. The predicted octanol–water partition coefficient (Wildman–Crippen LogP) is 3.97. The molecule has 0 spiro atoms. The van der Waals surface area contributed by atoms with Crippen LogP contribution in [0.2, 0.25) is 5.02 Å². The van der Waals surface area contributed by atoms with Gasteiger partial charge in [-0.3, -0.25) is 0 Å². The summed E-state index contributed by atoms with van der Waals surface area (Å²) < 4.78 is 11.0. The van der Waals surface area contributed by atoms with Crippen molar-refractivity contribution in [3.8, 4) is 5.75 Å². The van der Waals surface area contributed by atoms with Gasteiger partial charge in [0.1, 0.15) is 12.0 Å². The van der Waals surface area contributed by atoms with Crippen LogP contribution >= 0.6 is 11.6 Å². The number of benzene rings is 2. The summed E-state index contributed by atoms with van der Waals surface area (Å²) in [4.78, 5) is 15.1. The van der Waals surface area contributed by atoms with Gasteiger partial charge >= 0.3 is 0 Å². The lowest BCUT2D eigenvalue weighted by Crippen LogP contribution is -1.91. The second-order valence-electron chi connectivity index (χ2n) is 4.64. The van der Waals surface area contributed by atoms with E-state index in [0.29, 0.717) is 40.0 Å². The van der Waals surface area contributed by atoms with Crippen molar-refractivity contribution in [3.63, 3.8) is 0 Å². The second-order valence-corrected chi connectivity index (χ2v) is 5.05. The number of rotatable bonds is 5. The Morgan fingerprint density at radius 3 is 2.91 bits per heavy atom. The maximum Gasteiger partial charge on any atom is 0.300 e. The molecule has 112 valence electrons. The third kappa shape index (κ3) is 2.76. The molecule has 0 bridgehead atoms. The van der Waals surface area contributed by atoms with E-state index in [1.807, 2.05) is 18.2 Å². The smallest absolute Gasteiger partial charge is 0.300 e. The first-order chi connectivity index (χ1) is 10.7. The maximum atomic E-state index is 10.7. The molecule has 5 nitrogen and oxygen atoms in total. The average molecular weight is 317 g/mol. The summed E-state index contributed by atoms with van der Waals surface area (Å²) >= 11 is 6.10. The molecule has 1 N–H and O–H groups in total. The number of aldehydes is 1. The second kappa shape index (κ2) is 6.07. The molecule has 22 heavy (non-hydrogen) atoms. The third-order valence-corrected chi connectivity index (χ3v) is 3.50. The van der Waals surface area contributed by atoms with Crippen molar-refractivity contribution in [3.05, 3.63) is 47.0 Å². The summed E-state index contributed by atoms with van der Waals surface area (Å²) in [5, 5.41) is 3.60. The van der Waals surface area contributed by atoms with E-state index in [-0.39, 0.29) is 0 Å². The zero-order chi connectivity index (χ0) is 15.5. The highest BCUT2D eigenvalue weighted by Crippen LogP contribution is 2.32. The Morgan fingerprint density at radius 2 is 2.18 bits per heavy atom. The Labute approximate surface area is 131 Å². The molecule has 3 aromatic rings. The zero-order valence-corrected chi connectivity index (χ0v) is 12.6. The van der Waals surface area contributed by atoms with Gasteiger partial charge < -0.3 is 19.3 Å². The minimum absolute atomic E-state index is 0.292. The number of fused-ring (bicyclic) bond motifs is 1. The van der Waals surface area contributed by atoms with Gasteiger partial charge in [-0.25, -0.2) is 0 Å². The van der Waals surface area contributed by atoms with E-state index >= 15 is 0 Å². The van der Waals surface area contributed by atoms with Crippen molar-refractivity contribution >= 4 is 40.7 Å². The average Bonchev–Trinajstić information content (AvgIpc) is 2.91. The van der Waals surface area contributed by atoms with Gasteiger partial charge in [0.2, 0.25) is 0 Å². The van der Waals surface area contributed by atoms with Gasteiger partial charge in [0.25, 0.3) is 6.01 Å². The number of ether oxygens (including phenoxy) is 1. The molecule has 0 radical (unpaired) electrons. The zero-order valence-electron chi connectivity index (χ0n) is 11.8. The van der Waals surface area contributed by atoms with Crippen molar-refractivity contribution in [1.82, 2.24) is 4.98 Å². The summed E-state index contributed by atoms with van der Waals surface area (Å²) in [5.41, 5.74) is 2.64. The molecule has 0 fully saturated rings. The number of oxazole rings is 1. The van der Waals surface area contributed by atoms with Crippen LogP contribution in [0.1, 0.15) is 5.56 Å². The number of hydrogen-bond donors (Lipinski definition) is 1. The van der Waals surface area contributed by atoms with Gasteiger partial charge in [-0.1, -0.05) is 23.7 Å². The van der Waals surface area contributed by atoms with Crippen LogP contribution in [0.5, 0.6) is 5.75 Å². The van der Waals surface area contributed by atoms with E-state index in [1.54, 1.807) is 25.3 Å². The summed E-state index contributed by atoms with van der Waals surface area (Å²) in [6.07, 6.45) is 1.13. The Hall–Kier alpha value is -2.53. The van der Waals surface area contributed by atoms with E-state index in [9.17, 15) is 4.79 Å². The number of hydrogen-bond acceptors (Lipinski definition) is 5. The third-order valence-electron chi connectivity index (χ3n) is 3.17. The highest BCUT2D eigenvalue weighted by atomic mass is 35.5. The lowest BCUT2D eigenvalue weighted by Gasteiger charge is -2.02. The molecule has 0 aliphatic heterocycles. The number of nitrogens with zero attached hydrogens (tertiary/aromatic N) is 1. The maximum absolute atomic E-state index is 10.7. The first kappa shape index (κ1) is 14.4. The predicted molar refractivity (Wildman–Crippen MR) is 85.1 cm³/mol. The molecule has 2 aromatic carbocycles. The van der Waals surface area contributed by atoms with E-state index in [4.69, 9.17) is 20.8 Å². The van der Waals surface area contributed by atoms with Gasteiger partial charge in [0.05, 0.1) is 17.8 Å². The lowest BCUT2D eigenvalue weighted by atomic mass is 10.1. The van der Waals surface area contributed by atoms with Crippen molar-refractivity contribution in [2.45, 2.75) is 6.42 Å². The molecule has 6 heteroatoms. The highest BCUT2D eigenvalue weighted by molar-refractivity contribution is 6.33. The van der Waals surface area contributed by atoms with E-state index in [2.05, 4.69) is 10.3 Å². The molecule has 3 rings (SSSR count). The largest absolute Gasteiger partial charge is 0.494 e. The van der Waals surface area contributed by atoms with Gasteiger partial charge in [0.15, 0.2) is 11.1 Å². The van der Waals surface area contributed by atoms with Crippen LogP contribution in [0.25, 0.3) is 11.1 Å². The summed E-state index contributed by atoms with van der Waals surface area (Å²) in [6, 6.07) is 11.2. The van der Waals surface area contributed by atoms with Crippen LogP contribution in [-0.4, -0.2) is 18.4 Å². The van der Waals surface area contributed by atoms with Gasteiger partial charge in [0, 0.05) is 6.42 Å². The van der Waals surface area contributed by atoms with E-state index in [0.717, 1.165) is 11.8 Å². The normalized spacial score (nSPS) is 10.6. The number of carbonyl (C=O) groups excluding carboxylic acids is 1. The fourth-order valence-electron chi connectivity index (χ4n) is 2.15. The number of nitrogens with one attached hydrogen (secondary N) is 1. The summed E-state index contributed by atoms with van der Waals surface area (Å²) in [5.74, 6) is 0.560. The Morgan fingerprint density at radius 1 is 1.36 bits per heavy atom. The molecule has 0 aliphatic carbocycles. The van der Waals surface area contributed by atoms with Crippen molar-refractivity contribution in [2.75, 3.05) is 12.4 Å². The number of aromatic nitrogens is 1. The Balaban J connectivity index is 2.02. The number of halogens is 1. The summed E-state index contributed by atoms with van der Waals surface area (Å²) in [7, 11) is 1.55. The molecular formula is C16H13ClN2O3. The molecular weight excluding hydrogens is 304 g/mol. The molecule has 0 unspecified atom stereocenters. The minimum Gasteiger partial charge on any atom is -0.494 e. The molecule has 0 amide bonds. The summed E-state index contributed by atoms with van der Waals surface area (Å²) in [6.45, 7) is 0. The molecule has 1 heterocycles. The van der Waals surface area contributed by atoms with Crippen LogP contribution in [-0.2, 0) is 11.2 Å². The van der Waals surface area contributed by atoms with Crippen molar-refractivity contribution in [2.24, 2.45) is 0 Å². The number of anilines is 2. The van der Waals surface area contributed by atoms with Crippen molar-refractivity contribution in [1.29, 1.82) is 0 Å². The molecule has 0 aliphatic rings. The topological polar surface area (TPSA) is 64.4 Å². The Bertz CT molecular complexity index is 829. The first-order valence-corrected chi connectivity index (χ1v) is 7.01. The number of methoxy groups -OCH3 is 1. The van der Waals surface area contributed by atoms with E-state index < -0.39 is 0 Å². The van der Waals surface area contributed by atoms with Gasteiger partial charge in [-0.2, -0.15) is 4.98 Å². The Kier molecular flexibility index (Phi) is 3.98. The van der Waals surface area contributed by atoms with Crippen LogP contribution in [0.15, 0.2) is 40.8 Å². The highest BCUT2D eigenvalue weighted by Gasteiger charge is 2.13. The van der Waals surface area contributed by atoms with E-state index in [1.165, 1.54) is 0 Å². The molecule has 0 atom stereocenters.